The Balaban J connectivity index is 3.33. The minimum absolute atomic E-state index is 0.121. The van der Waals surface area contributed by atoms with Crippen LogP contribution in [0.2, 0.25) is 0 Å². The molecule has 0 unspecified atom stereocenters. The van der Waals surface area contributed by atoms with Crippen LogP contribution >= 0.6 is 0 Å². The summed E-state index contributed by atoms with van der Waals surface area (Å²) < 4.78 is 0. The molecule has 0 N–H and O–H groups in total. The van der Waals surface area contributed by atoms with E-state index in [0.29, 0.717) is 6.29 Å². The molecular weight excluding hydrogens is 184 g/mol. The number of pyridine rings is 1. The third-order valence-electron chi connectivity index (χ3n) is 1.89. The quantitative estimate of drug-likeness (QED) is 0.415. The summed E-state index contributed by atoms with van der Waals surface area (Å²) in [6, 6.07) is 2.82. The molecular formula is C9H10N2O3. The van der Waals surface area contributed by atoms with Crippen LogP contribution in [0, 0.1) is 10.1 Å². The summed E-state index contributed by atoms with van der Waals surface area (Å²) in [5.74, 6) is 0. The van der Waals surface area contributed by atoms with Crippen LogP contribution in [0.25, 0.3) is 0 Å². The number of rotatable bonds is 3. The molecule has 0 aliphatic heterocycles. The second kappa shape index (κ2) is 3.53. The van der Waals surface area contributed by atoms with E-state index in [1.807, 2.05) is 0 Å². The van der Waals surface area contributed by atoms with Gasteiger partial charge >= 0.3 is 0 Å². The number of hydrogen-bond donors (Lipinski definition) is 0. The van der Waals surface area contributed by atoms with Gasteiger partial charge in [0.2, 0.25) is 0 Å². The second-order valence-electron chi connectivity index (χ2n) is 3.47. The SMILES string of the molecule is CC(C)(C=O)c1ncccc1[N+](=O)[O-]. The van der Waals surface area contributed by atoms with Crippen LogP contribution in [0.1, 0.15) is 19.5 Å². The third-order valence-corrected chi connectivity index (χ3v) is 1.89. The van der Waals surface area contributed by atoms with Crippen LogP contribution in [-0.2, 0) is 10.2 Å². The molecule has 0 aliphatic carbocycles. The molecule has 1 aromatic heterocycles. The van der Waals surface area contributed by atoms with Crippen molar-refractivity contribution in [3.05, 3.63) is 34.1 Å². The highest BCUT2D eigenvalue weighted by molar-refractivity contribution is 5.68. The van der Waals surface area contributed by atoms with Crippen molar-refractivity contribution in [2.45, 2.75) is 19.3 Å². The lowest BCUT2D eigenvalue weighted by Gasteiger charge is -2.15. The fraction of sp³-hybridized carbons (Fsp3) is 0.333. The zero-order valence-corrected chi connectivity index (χ0v) is 7.93. The molecule has 0 aliphatic rings. The summed E-state index contributed by atoms with van der Waals surface area (Å²) >= 11 is 0. The van der Waals surface area contributed by atoms with Crippen LogP contribution in [0.5, 0.6) is 0 Å². The van der Waals surface area contributed by atoms with Crippen molar-refractivity contribution in [1.82, 2.24) is 4.98 Å². The summed E-state index contributed by atoms with van der Waals surface area (Å²) in [7, 11) is 0. The standard InChI is InChI=1S/C9H10N2O3/c1-9(2,6-12)8-7(11(13)14)4-3-5-10-8/h3-6H,1-2H3. The van der Waals surface area contributed by atoms with E-state index in [1.165, 1.54) is 18.3 Å². The molecule has 1 aromatic rings. The Hall–Kier alpha value is -1.78. The zero-order valence-electron chi connectivity index (χ0n) is 7.93. The minimum Gasteiger partial charge on any atom is -0.302 e. The molecule has 1 heterocycles. The molecule has 0 atom stereocenters. The fourth-order valence-electron chi connectivity index (χ4n) is 1.10. The number of aldehydes is 1. The Kier molecular flexibility index (Phi) is 2.60. The maximum Gasteiger partial charge on any atom is 0.291 e. The minimum atomic E-state index is -0.927. The highest BCUT2D eigenvalue weighted by Crippen LogP contribution is 2.27. The molecule has 74 valence electrons. The lowest BCUT2D eigenvalue weighted by atomic mass is 9.90. The van der Waals surface area contributed by atoms with Gasteiger partial charge in [0.15, 0.2) is 0 Å². The van der Waals surface area contributed by atoms with Crippen molar-refractivity contribution < 1.29 is 9.72 Å². The first-order valence-electron chi connectivity index (χ1n) is 4.05. The van der Waals surface area contributed by atoms with Crippen LogP contribution in [0.3, 0.4) is 0 Å². The van der Waals surface area contributed by atoms with E-state index in [-0.39, 0.29) is 11.4 Å². The first-order chi connectivity index (χ1) is 6.49. The van der Waals surface area contributed by atoms with Gasteiger partial charge in [-0.2, -0.15) is 0 Å². The Morgan fingerprint density at radius 3 is 2.71 bits per heavy atom. The average molecular weight is 194 g/mol. The Morgan fingerprint density at radius 1 is 1.57 bits per heavy atom. The lowest BCUT2D eigenvalue weighted by molar-refractivity contribution is -0.386. The molecule has 5 nitrogen and oxygen atoms in total. The van der Waals surface area contributed by atoms with Gasteiger partial charge in [-0.1, -0.05) is 0 Å². The summed E-state index contributed by atoms with van der Waals surface area (Å²) in [4.78, 5) is 24.7. The molecule has 0 amide bonds. The van der Waals surface area contributed by atoms with Crippen LogP contribution in [0.15, 0.2) is 18.3 Å². The summed E-state index contributed by atoms with van der Waals surface area (Å²) in [5, 5.41) is 10.6. The topological polar surface area (TPSA) is 73.1 Å². The Morgan fingerprint density at radius 2 is 2.21 bits per heavy atom. The third kappa shape index (κ3) is 1.76. The van der Waals surface area contributed by atoms with Gasteiger partial charge in [-0.25, -0.2) is 0 Å². The summed E-state index contributed by atoms with van der Waals surface area (Å²) in [5.41, 5.74) is -0.853. The summed E-state index contributed by atoms with van der Waals surface area (Å²) in [6.07, 6.45) is 2.09. The van der Waals surface area contributed by atoms with E-state index < -0.39 is 10.3 Å². The molecule has 5 heteroatoms. The fourth-order valence-corrected chi connectivity index (χ4v) is 1.10. The number of carbonyl (C=O) groups excluding carboxylic acids is 1. The first kappa shape index (κ1) is 10.3. The van der Waals surface area contributed by atoms with E-state index in [0.717, 1.165) is 0 Å². The van der Waals surface area contributed by atoms with Gasteiger partial charge in [-0.15, -0.1) is 0 Å². The van der Waals surface area contributed by atoms with Gasteiger partial charge in [-0.3, -0.25) is 15.1 Å². The number of nitro groups is 1. The zero-order chi connectivity index (χ0) is 10.8. The van der Waals surface area contributed by atoms with Crippen LogP contribution < -0.4 is 0 Å². The van der Waals surface area contributed by atoms with Crippen molar-refractivity contribution in [3.8, 4) is 0 Å². The Labute approximate surface area is 80.9 Å². The van der Waals surface area contributed by atoms with E-state index in [1.54, 1.807) is 13.8 Å². The van der Waals surface area contributed by atoms with Gasteiger partial charge < -0.3 is 4.79 Å². The monoisotopic (exact) mass is 194 g/mol. The van der Waals surface area contributed by atoms with Crippen molar-refractivity contribution in [1.29, 1.82) is 0 Å². The van der Waals surface area contributed by atoms with E-state index >= 15 is 0 Å². The maximum atomic E-state index is 10.7. The largest absolute Gasteiger partial charge is 0.302 e. The van der Waals surface area contributed by atoms with E-state index in [9.17, 15) is 14.9 Å². The van der Waals surface area contributed by atoms with Crippen LogP contribution in [0.4, 0.5) is 5.69 Å². The molecule has 14 heavy (non-hydrogen) atoms. The molecule has 0 aromatic carbocycles. The molecule has 0 radical (unpaired) electrons. The molecule has 0 bridgehead atoms. The average Bonchev–Trinajstić information content (AvgIpc) is 2.18. The highest BCUT2D eigenvalue weighted by atomic mass is 16.6. The molecule has 1 rings (SSSR count). The van der Waals surface area contributed by atoms with Crippen molar-refractivity contribution in [2.75, 3.05) is 0 Å². The van der Waals surface area contributed by atoms with E-state index in [4.69, 9.17) is 0 Å². The predicted octanol–water partition coefficient (Wildman–Crippen LogP) is 1.47. The number of hydrogen-bond acceptors (Lipinski definition) is 4. The number of aromatic nitrogens is 1. The maximum absolute atomic E-state index is 10.7. The van der Waals surface area contributed by atoms with Gasteiger partial charge in [0, 0.05) is 12.3 Å². The molecule has 0 saturated heterocycles. The van der Waals surface area contributed by atoms with Crippen molar-refractivity contribution in [3.63, 3.8) is 0 Å². The van der Waals surface area contributed by atoms with Gasteiger partial charge in [0.05, 0.1) is 10.3 Å². The Bertz CT molecular complexity index is 374. The molecule has 0 saturated carbocycles. The van der Waals surface area contributed by atoms with Crippen molar-refractivity contribution >= 4 is 12.0 Å². The normalized spacial score (nSPS) is 11.0. The highest BCUT2D eigenvalue weighted by Gasteiger charge is 2.29. The second-order valence-corrected chi connectivity index (χ2v) is 3.47. The summed E-state index contributed by atoms with van der Waals surface area (Å²) in [6.45, 7) is 3.19. The first-order valence-corrected chi connectivity index (χ1v) is 4.05. The van der Waals surface area contributed by atoms with Gasteiger partial charge in [0.25, 0.3) is 5.69 Å². The predicted molar refractivity (Wildman–Crippen MR) is 50.0 cm³/mol. The smallest absolute Gasteiger partial charge is 0.291 e. The van der Waals surface area contributed by atoms with Crippen molar-refractivity contribution in [2.24, 2.45) is 0 Å². The number of carbonyl (C=O) groups is 1. The lowest BCUT2D eigenvalue weighted by Crippen LogP contribution is -2.21. The number of nitrogens with zero attached hydrogens (tertiary/aromatic N) is 2. The van der Waals surface area contributed by atoms with Gasteiger partial charge in [-0.05, 0) is 19.9 Å². The molecule has 0 spiro atoms. The van der Waals surface area contributed by atoms with Crippen LogP contribution in [-0.4, -0.2) is 16.2 Å². The van der Waals surface area contributed by atoms with Gasteiger partial charge in [0.1, 0.15) is 12.0 Å². The van der Waals surface area contributed by atoms with E-state index in [2.05, 4.69) is 4.98 Å². The molecule has 0 fully saturated rings.